The fourth-order valence-corrected chi connectivity index (χ4v) is 2.81. The molecular weight excluding hydrogens is 313 g/mol. The van der Waals surface area contributed by atoms with Crippen molar-refractivity contribution in [3.63, 3.8) is 0 Å². The number of ether oxygens (including phenoxy) is 1. The molecule has 1 fully saturated rings. The summed E-state index contributed by atoms with van der Waals surface area (Å²) in [6.07, 6.45) is 1.39. The maximum atomic E-state index is 12.9. The SMILES string of the molecule is CC1(C)C[C@@H](C(=O)NCc2nc(-c3ccc(F)cc3)no2)CCO1. The molecule has 6 nitrogen and oxygen atoms in total. The maximum Gasteiger partial charge on any atom is 0.246 e. The van der Waals surface area contributed by atoms with Crippen LogP contribution in [0.1, 0.15) is 32.6 Å². The third-order valence-electron chi connectivity index (χ3n) is 4.05. The topological polar surface area (TPSA) is 77.3 Å². The van der Waals surface area contributed by atoms with Gasteiger partial charge in [-0.1, -0.05) is 5.16 Å². The third kappa shape index (κ3) is 3.97. The molecule has 0 unspecified atom stereocenters. The summed E-state index contributed by atoms with van der Waals surface area (Å²) in [4.78, 5) is 16.5. The molecule has 0 spiro atoms. The van der Waals surface area contributed by atoms with E-state index in [1.807, 2.05) is 13.8 Å². The lowest BCUT2D eigenvalue weighted by Crippen LogP contribution is -2.41. The molecule has 1 aliphatic rings. The van der Waals surface area contributed by atoms with E-state index in [1.165, 1.54) is 12.1 Å². The number of nitrogens with zero attached hydrogens (tertiary/aromatic N) is 2. The summed E-state index contributed by atoms with van der Waals surface area (Å²) in [6, 6.07) is 5.82. The second-order valence-corrected chi connectivity index (χ2v) is 6.53. The molecule has 2 aromatic rings. The monoisotopic (exact) mass is 333 g/mol. The normalized spacial score (nSPS) is 19.9. The van der Waals surface area contributed by atoms with Crippen LogP contribution in [-0.4, -0.2) is 28.3 Å². The Labute approximate surface area is 139 Å². The Balaban J connectivity index is 1.57. The summed E-state index contributed by atoms with van der Waals surface area (Å²) < 4.78 is 23.7. The summed E-state index contributed by atoms with van der Waals surface area (Å²) in [5.41, 5.74) is 0.379. The van der Waals surface area contributed by atoms with Crippen LogP contribution in [0.5, 0.6) is 0 Å². The Bertz CT molecular complexity index is 712. The zero-order valence-corrected chi connectivity index (χ0v) is 13.7. The molecule has 1 aliphatic heterocycles. The first kappa shape index (κ1) is 16.6. The van der Waals surface area contributed by atoms with Crippen LogP contribution < -0.4 is 5.32 Å². The highest BCUT2D eigenvalue weighted by molar-refractivity contribution is 5.78. The van der Waals surface area contributed by atoms with Gasteiger partial charge >= 0.3 is 0 Å². The third-order valence-corrected chi connectivity index (χ3v) is 4.05. The van der Waals surface area contributed by atoms with E-state index in [-0.39, 0.29) is 29.8 Å². The highest BCUT2D eigenvalue weighted by Crippen LogP contribution is 2.28. The number of nitrogens with one attached hydrogen (secondary N) is 1. The molecule has 1 amide bonds. The summed E-state index contributed by atoms with van der Waals surface area (Å²) in [5, 5.41) is 6.68. The first-order valence-corrected chi connectivity index (χ1v) is 7.93. The van der Waals surface area contributed by atoms with E-state index in [9.17, 15) is 9.18 Å². The molecule has 1 aromatic carbocycles. The zero-order chi connectivity index (χ0) is 17.2. The molecule has 0 aliphatic carbocycles. The predicted octanol–water partition coefficient (Wildman–Crippen LogP) is 2.70. The van der Waals surface area contributed by atoms with Gasteiger partial charge < -0.3 is 14.6 Å². The molecule has 0 bridgehead atoms. The van der Waals surface area contributed by atoms with Crippen LogP contribution in [0.3, 0.4) is 0 Å². The summed E-state index contributed by atoms with van der Waals surface area (Å²) in [7, 11) is 0. The van der Waals surface area contributed by atoms with E-state index >= 15 is 0 Å². The Morgan fingerprint density at radius 3 is 2.83 bits per heavy atom. The van der Waals surface area contributed by atoms with Crippen LogP contribution in [0.25, 0.3) is 11.4 Å². The Kier molecular flexibility index (Phi) is 4.62. The standard InChI is InChI=1S/C17H20FN3O3/c1-17(2)9-12(7-8-23-17)16(22)19-10-14-20-15(21-24-14)11-3-5-13(18)6-4-11/h3-6,12H,7-10H2,1-2H3,(H,19,22)/t12-/m0/s1. The highest BCUT2D eigenvalue weighted by Gasteiger charge is 2.32. The van der Waals surface area contributed by atoms with E-state index in [1.54, 1.807) is 12.1 Å². The van der Waals surface area contributed by atoms with Crippen molar-refractivity contribution in [2.45, 2.75) is 38.8 Å². The van der Waals surface area contributed by atoms with E-state index in [4.69, 9.17) is 9.26 Å². The van der Waals surface area contributed by atoms with Crippen LogP contribution in [0, 0.1) is 11.7 Å². The van der Waals surface area contributed by atoms with E-state index < -0.39 is 0 Å². The number of benzene rings is 1. The molecule has 0 saturated carbocycles. The second-order valence-electron chi connectivity index (χ2n) is 6.53. The van der Waals surface area contributed by atoms with Gasteiger partial charge in [0.05, 0.1) is 12.1 Å². The van der Waals surface area contributed by atoms with Crippen molar-refractivity contribution < 1.29 is 18.4 Å². The van der Waals surface area contributed by atoms with Crippen LogP contribution >= 0.6 is 0 Å². The first-order chi connectivity index (χ1) is 11.4. The zero-order valence-electron chi connectivity index (χ0n) is 13.7. The lowest BCUT2D eigenvalue weighted by molar-refractivity contribution is -0.135. The number of halogens is 1. The minimum Gasteiger partial charge on any atom is -0.376 e. The molecule has 1 N–H and O–H groups in total. The predicted molar refractivity (Wildman–Crippen MR) is 84.3 cm³/mol. The number of carbonyl (C=O) groups is 1. The van der Waals surface area contributed by atoms with Gasteiger partial charge in [-0.3, -0.25) is 4.79 Å². The van der Waals surface area contributed by atoms with E-state index in [0.717, 1.165) is 0 Å². The van der Waals surface area contributed by atoms with Crippen molar-refractivity contribution in [3.05, 3.63) is 36.0 Å². The molecule has 1 aromatic heterocycles. The lowest BCUT2D eigenvalue weighted by atomic mass is 9.88. The molecule has 1 saturated heterocycles. The number of hydrogen-bond acceptors (Lipinski definition) is 5. The lowest BCUT2D eigenvalue weighted by Gasteiger charge is -2.34. The van der Waals surface area contributed by atoms with Gasteiger partial charge in [-0.2, -0.15) is 4.98 Å². The largest absolute Gasteiger partial charge is 0.376 e. The molecule has 0 radical (unpaired) electrons. The van der Waals surface area contributed by atoms with Crippen molar-refractivity contribution in [1.82, 2.24) is 15.5 Å². The van der Waals surface area contributed by atoms with Crippen LogP contribution in [0.4, 0.5) is 4.39 Å². The Morgan fingerprint density at radius 2 is 2.12 bits per heavy atom. The van der Waals surface area contributed by atoms with Crippen LogP contribution in [0.15, 0.2) is 28.8 Å². The fraction of sp³-hybridized carbons (Fsp3) is 0.471. The minimum absolute atomic E-state index is 0.0343. The second kappa shape index (κ2) is 6.68. The Hall–Kier alpha value is -2.28. The average molecular weight is 333 g/mol. The molecule has 128 valence electrons. The quantitative estimate of drug-likeness (QED) is 0.931. The van der Waals surface area contributed by atoms with Crippen molar-refractivity contribution in [2.24, 2.45) is 5.92 Å². The van der Waals surface area contributed by atoms with Crippen molar-refractivity contribution >= 4 is 5.91 Å². The van der Waals surface area contributed by atoms with Crippen LogP contribution in [-0.2, 0) is 16.1 Å². The van der Waals surface area contributed by atoms with Crippen LogP contribution in [0.2, 0.25) is 0 Å². The van der Waals surface area contributed by atoms with Crippen molar-refractivity contribution in [3.8, 4) is 11.4 Å². The highest BCUT2D eigenvalue weighted by atomic mass is 19.1. The van der Waals surface area contributed by atoms with Gasteiger partial charge in [0.25, 0.3) is 0 Å². The van der Waals surface area contributed by atoms with E-state index in [2.05, 4.69) is 15.5 Å². The first-order valence-electron chi connectivity index (χ1n) is 7.93. The van der Waals surface area contributed by atoms with Gasteiger partial charge in [0.2, 0.25) is 17.6 Å². The van der Waals surface area contributed by atoms with Gasteiger partial charge in [0.1, 0.15) is 5.82 Å². The molecule has 2 heterocycles. The number of hydrogen-bond donors (Lipinski definition) is 1. The molecule has 1 atom stereocenters. The number of amides is 1. The summed E-state index contributed by atoms with van der Waals surface area (Å²) in [5.74, 6) is 0.246. The molecule has 7 heteroatoms. The fourth-order valence-electron chi connectivity index (χ4n) is 2.81. The summed E-state index contributed by atoms with van der Waals surface area (Å²) in [6.45, 7) is 4.73. The van der Waals surface area contributed by atoms with Crippen molar-refractivity contribution in [1.29, 1.82) is 0 Å². The molecule has 24 heavy (non-hydrogen) atoms. The number of carbonyl (C=O) groups excluding carboxylic acids is 1. The number of aromatic nitrogens is 2. The molecular formula is C17H20FN3O3. The smallest absolute Gasteiger partial charge is 0.246 e. The van der Waals surface area contributed by atoms with Gasteiger partial charge in [-0.25, -0.2) is 4.39 Å². The van der Waals surface area contributed by atoms with Gasteiger partial charge in [0.15, 0.2) is 0 Å². The maximum absolute atomic E-state index is 12.9. The average Bonchev–Trinajstić information content (AvgIpc) is 3.01. The Morgan fingerprint density at radius 1 is 1.38 bits per heavy atom. The number of rotatable bonds is 4. The van der Waals surface area contributed by atoms with E-state index in [0.29, 0.717) is 36.7 Å². The van der Waals surface area contributed by atoms with Gasteiger partial charge in [-0.15, -0.1) is 0 Å². The summed E-state index contributed by atoms with van der Waals surface area (Å²) >= 11 is 0. The minimum atomic E-state index is -0.325. The van der Waals surface area contributed by atoms with Gasteiger partial charge in [-0.05, 0) is 51.0 Å². The molecule has 3 rings (SSSR count). The van der Waals surface area contributed by atoms with Gasteiger partial charge in [0, 0.05) is 18.1 Å². The van der Waals surface area contributed by atoms with Crippen molar-refractivity contribution in [2.75, 3.05) is 6.61 Å².